The lowest BCUT2D eigenvalue weighted by Crippen LogP contribution is -1.82. The van der Waals surface area contributed by atoms with Crippen LogP contribution in [0.25, 0.3) is 22.5 Å². The van der Waals surface area contributed by atoms with Gasteiger partial charge >= 0.3 is 0 Å². The van der Waals surface area contributed by atoms with Crippen molar-refractivity contribution in [3.8, 4) is 11.4 Å². The van der Waals surface area contributed by atoms with Crippen LogP contribution < -0.4 is 0 Å². The maximum absolute atomic E-state index is 12.9. The van der Waals surface area contributed by atoms with Gasteiger partial charge in [-0.15, -0.1) is 0 Å². The molecule has 0 amide bonds. The summed E-state index contributed by atoms with van der Waals surface area (Å²) in [5.41, 5.74) is 1.64. The largest absolute Gasteiger partial charge is 0.333 e. The zero-order chi connectivity index (χ0) is 13.9. The summed E-state index contributed by atoms with van der Waals surface area (Å²) in [4.78, 5) is 4.19. The molecule has 0 fully saturated rings. The number of aromatic nitrogens is 2. The smallest absolute Gasteiger partial charge is 0.269 e. The molecule has 2 heterocycles. The first-order valence-corrected chi connectivity index (χ1v) is 7.04. The van der Waals surface area contributed by atoms with Crippen LogP contribution in [0.4, 0.5) is 4.39 Å². The predicted octanol–water partition coefficient (Wildman–Crippen LogP) is 4.67. The third-order valence-electron chi connectivity index (χ3n) is 2.57. The van der Waals surface area contributed by atoms with Crippen LogP contribution in [0.2, 0.25) is 0 Å². The quantitative estimate of drug-likeness (QED) is 0.705. The molecule has 0 bridgehead atoms. The molecule has 0 N–H and O–H groups in total. The Morgan fingerprint density at radius 2 is 2.05 bits per heavy atom. The van der Waals surface area contributed by atoms with Gasteiger partial charge in [-0.1, -0.05) is 16.8 Å². The normalized spacial score (nSPS) is 11.8. The maximum Gasteiger partial charge on any atom is 0.269 e. The summed E-state index contributed by atoms with van der Waals surface area (Å²) >= 11 is 7.71. The Kier molecular flexibility index (Phi) is 3.62. The van der Waals surface area contributed by atoms with Crippen molar-refractivity contribution in [1.29, 1.82) is 0 Å². The Hall–Kier alpha value is -1.98. The summed E-state index contributed by atoms with van der Waals surface area (Å²) in [5, 5.41) is 8.11. The molecule has 100 valence electrons. The van der Waals surface area contributed by atoms with Crippen molar-refractivity contribution in [2.75, 3.05) is 0 Å². The fourth-order valence-corrected chi connectivity index (χ4v) is 2.42. The molecule has 3 nitrogen and oxygen atoms in total. The number of hydrogen-bond donors (Lipinski definition) is 0. The molecule has 3 rings (SSSR count). The Bertz CT molecular complexity index is 735. The van der Waals surface area contributed by atoms with Gasteiger partial charge in [-0.25, -0.2) is 4.39 Å². The van der Waals surface area contributed by atoms with Gasteiger partial charge < -0.3 is 4.52 Å². The average Bonchev–Trinajstić information content (AvgIpc) is 3.10. The van der Waals surface area contributed by atoms with Gasteiger partial charge in [0.05, 0.1) is 0 Å². The van der Waals surface area contributed by atoms with E-state index >= 15 is 0 Å². The molecule has 0 aliphatic carbocycles. The van der Waals surface area contributed by atoms with Crippen LogP contribution in [-0.4, -0.2) is 10.1 Å². The summed E-state index contributed by atoms with van der Waals surface area (Å²) in [6, 6.07) is 7.79. The number of rotatable bonds is 3. The molecule has 0 unspecified atom stereocenters. The zero-order valence-corrected chi connectivity index (χ0v) is 11.7. The van der Waals surface area contributed by atoms with Gasteiger partial charge in [0.15, 0.2) is 0 Å². The van der Waals surface area contributed by atoms with Crippen LogP contribution in [-0.2, 0) is 0 Å². The van der Waals surface area contributed by atoms with Gasteiger partial charge in [0, 0.05) is 5.56 Å². The third-order valence-corrected chi connectivity index (χ3v) is 3.54. The number of benzene rings is 1. The molecule has 0 spiro atoms. The van der Waals surface area contributed by atoms with Crippen molar-refractivity contribution in [3.05, 3.63) is 58.4 Å². The summed E-state index contributed by atoms with van der Waals surface area (Å²) < 4.78 is 18.0. The first-order valence-electron chi connectivity index (χ1n) is 5.72. The van der Waals surface area contributed by atoms with E-state index in [2.05, 4.69) is 10.1 Å². The van der Waals surface area contributed by atoms with E-state index < -0.39 is 0 Å². The lowest BCUT2D eigenvalue weighted by atomic mass is 10.2. The second-order valence-corrected chi connectivity index (χ2v) is 5.17. The highest BCUT2D eigenvalue weighted by atomic mass is 35.5. The van der Waals surface area contributed by atoms with Gasteiger partial charge in [-0.3, -0.25) is 0 Å². The van der Waals surface area contributed by atoms with E-state index in [1.807, 2.05) is 16.8 Å². The van der Waals surface area contributed by atoms with Crippen molar-refractivity contribution in [1.82, 2.24) is 10.1 Å². The van der Waals surface area contributed by atoms with Gasteiger partial charge in [0.2, 0.25) is 5.82 Å². The second kappa shape index (κ2) is 5.56. The minimum absolute atomic E-state index is 0.234. The predicted molar refractivity (Wildman–Crippen MR) is 77.7 cm³/mol. The van der Waals surface area contributed by atoms with Crippen molar-refractivity contribution in [2.24, 2.45) is 0 Å². The van der Waals surface area contributed by atoms with Crippen LogP contribution >= 0.6 is 22.9 Å². The number of halogens is 2. The summed E-state index contributed by atoms with van der Waals surface area (Å²) in [6.07, 6.45) is 1.75. The first-order chi connectivity index (χ1) is 9.72. The van der Waals surface area contributed by atoms with E-state index in [0.717, 1.165) is 5.56 Å². The monoisotopic (exact) mass is 306 g/mol. The summed E-state index contributed by atoms with van der Waals surface area (Å²) in [7, 11) is 0. The molecule has 20 heavy (non-hydrogen) atoms. The van der Waals surface area contributed by atoms with E-state index in [1.165, 1.54) is 12.1 Å². The molecule has 1 aromatic carbocycles. The highest BCUT2D eigenvalue weighted by molar-refractivity contribution is 7.08. The lowest BCUT2D eigenvalue weighted by Gasteiger charge is -1.92. The van der Waals surface area contributed by atoms with Crippen LogP contribution in [0.1, 0.15) is 11.5 Å². The fourth-order valence-electron chi connectivity index (χ4n) is 1.60. The highest BCUT2D eigenvalue weighted by Gasteiger charge is 2.11. The van der Waals surface area contributed by atoms with Gasteiger partial charge in [0.1, 0.15) is 10.8 Å². The highest BCUT2D eigenvalue weighted by Crippen LogP contribution is 2.24. The van der Waals surface area contributed by atoms with Gasteiger partial charge in [-0.05, 0) is 52.7 Å². The molecule has 0 aliphatic rings. The van der Waals surface area contributed by atoms with E-state index in [9.17, 15) is 4.39 Å². The number of thiophene rings is 1. The maximum atomic E-state index is 12.9. The van der Waals surface area contributed by atoms with Crippen LogP contribution in [0, 0.1) is 5.82 Å². The van der Waals surface area contributed by atoms with Gasteiger partial charge in [-0.2, -0.15) is 16.3 Å². The van der Waals surface area contributed by atoms with E-state index in [1.54, 1.807) is 29.5 Å². The number of nitrogens with zero attached hydrogens (tertiary/aromatic N) is 2. The molecular weight excluding hydrogens is 299 g/mol. The van der Waals surface area contributed by atoms with Crippen LogP contribution in [0.3, 0.4) is 0 Å². The molecule has 0 aliphatic heterocycles. The standard InChI is InChI=1S/C14H8ClFN2OS/c15-12(7-9-5-6-20-8-9)14-17-13(18-19-14)10-1-3-11(16)4-2-10/h1-8H/b12-7-. The molecule has 2 aromatic heterocycles. The SMILES string of the molecule is Fc1ccc(-c2noc(/C(Cl)=C/c3ccsc3)n2)cc1. The molecule has 0 atom stereocenters. The van der Waals surface area contributed by atoms with Crippen molar-refractivity contribution in [2.45, 2.75) is 0 Å². The molecule has 0 radical (unpaired) electrons. The van der Waals surface area contributed by atoms with Crippen molar-refractivity contribution in [3.63, 3.8) is 0 Å². The first kappa shape index (κ1) is 13.0. The molecule has 0 saturated heterocycles. The lowest BCUT2D eigenvalue weighted by molar-refractivity contribution is 0.410. The fraction of sp³-hybridized carbons (Fsp3) is 0. The van der Waals surface area contributed by atoms with Crippen molar-refractivity contribution < 1.29 is 8.91 Å². The topological polar surface area (TPSA) is 38.9 Å². The Morgan fingerprint density at radius 1 is 1.25 bits per heavy atom. The molecule has 6 heteroatoms. The van der Waals surface area contributed by atoms with Crippen LogP contribution in [0.15, 0.2) is 45.6 Å². The minimum atomic E-state index is -0.312. The van der Waals surface area contributed by atoms with Gasteiger partial charge in [0.25, 0.3) is 5.89 Å². The Morgan fingerprint density at radius 3 is 2.75 bits per heavy atom. The Labute approximate surface area is 123 Å². The molecule has 3 aromatic rings. The Balaban J connectivity index is 1.88. The summed E-state index contributed by atoms with van der Waals surface area (Å²) in [5.74, 6) is 0.293. The van der Waals surface area contributed by atoms with Crippen molar-refractivity contribution >= 4 is 34.0 Å². The van der Waals surface area contributed by atoms with E-state index in [-0.39, 0.29) is 11.7 Å². The molecular formula is C14H8ClFN2OS. The molecule has 0 saturated carbocycles. The summed E-state index contributed by atoms with van der Waals surface area (Å²) in [6.45, 7) is 0. The minimum Gasteiger partial charge on any atom is -0.333 e. The second-order valence-electron chi connectivity index (χ2n) is 3.98. The van der Waals surface area contributed by atoms with E-state index in [0.29, 0.717) is 16.4 Å². The third kappa shape index (κ3) is 2.79. The zero-order valence-electron chi connectivity index (χ0n) is 10.1. The van der Waals surface area contributed by atoms with E-state index in [4.69, 9.17) is 16.1 Å². The number of hydrogen-bond acceptors (Lipinski definition) is 4. The van der Waals surface area contributed by atoms with Crippen LogP contribution in [0.5, 0.6) is 0 Å². The average molecular weight is 307 g/mol.